The fraction of sp³-hybridized carbons (Fsp3) is 0.286. The molecule has 106 valence electrons. The highest BCUT2D eigenvalue weighted by molar-refractivity contribution is 5.99. The summed E-state index contributed by atoms with van der Waals surface area (Å²) in [6.45, 7) is 2.72. The zero-order valence-electron chi connectivity index (χ0n) is 11.6. The largest absolute Gasteiger partial charge is 0.461 e. The minimum Gasteiger partial charge on any atom is -0.461 e. The number of nitrogens with zero attached hydrogens (tertiary/aromatic N) is 1. The van der Waals surface area contributed by atoms with Gasteiger partial charge in [-0.2, -0.15) is 5.10 Å². The fourth-order valence-electron chi connectivity index (χ4n) is 2.08. The van der Waals surface area contributed by atoms with Gasteiger partial charge in [-0.05, 0) is 25.1 Å². The zero-order chi connectivity index (χ0) is 14.5. The van der Waals surface area contributed by atoms with Crippen molar-refractivity contribution in [2.24, 2.45) is 0 Å². The summed E-state index contributed by atoms with van der Waals surface area (Å²) in [6, 6.07) is 7.73. The number of aromatic amines is 1. The molecule has 20 heavy (non-hydrogen) atoms. The van der Waals surface area contributed by atoms with E-state index in [4.69, 9.17) is 10.5 Å². The third-order valence-corrected chi connectivity index (χ3v) is 2.92. The van der Waals surface area contributed by atoms with Crippen LogP contribution in [0.15, 0.2) is 24.3 Å². The molecule has 0 aliphatic rings. The van der Waals surface area contributed by atoms with E-state index in [1.54, 1.807) is 6.92 Å². The van der Waals surface area contributed by atoms with Crippen LogP contribution in [0.5, 0.6) is 0 Å². The maximum absolute atomic E-state index is 11.9. The normalized spacial score (nSPS) is 10.5. The van der Waals surface area contributed by atoms with E-state index in [1.807, 2.05) is 31.3 Å². The summed E-state index contributed by atoms with van der Waals surface area (Å²) in [6.07, 6.45) is 0. The van der Waals surface area contributed by atoms with Crippen LogP contribution >= 0.6 is 0 Å². The lowest BCUT2D eigenvalue weighted by molar-refractivity contribution is 0.0520. The second-order valence-electron chi connectivity index (χ2n) is 4.27. The monoisotopic (exact) mass is 274 g/mol. The summed E-state index contributed by atoms with van der Waals surface area (Å²) < 4.78 is 5.01. The van der Waals surface area contributed by atoms with E-state index in [0.29, 0.717) is 24.5 Å². The molecule has 0 aliphatic carbocycles. The standard InChI is InChI=1S/C14H18N4O2/c1-3-20-14(19)12-11(13(15)18-17-12)10-7-5-4-6-9(10)8-16-2/h4-7,16H,3,8H2,1-2H3,(H3,15,17,18). The Morgan fingerprint density at radius 3 is 2.90 bits per heavy atom. The minimum absolute atomic E-state index is 0.216. The van der Waals surface area contributed by atoms with Crippen molar-refractivity contribution >= 4 is 11.8 Å². The van der Waals surface area contributed by atoms with Crippen LogP contribution in [0.3, 0.4) is 0 Å². The lowest BCUT2D eigenvalue weighted by Crippen LogP contribution is -2.09. The quantitative estimate of drug-likeness (QED) is 0.719. The van der Waals surface area contributed by atoms with Crippen molar-refractivity contribution in [1.82, 2.24) is 15.5 Å². The summed E-state index contributed by atoms with van der Waals surface area (Å²) in [5.41, 5.74) is 8.64. The molecular weight excluding hydrogens is 256 g/mol. The number of anilines is 1. The Balaban J connectivity index is 2.52. The van der Waals surface area contributed by atoms with Crippen LogP contribution < -0.4 is 11.1 Å². The Kier molecular flexibility index (Phi) is 4.37. The van der Waals surface area contributed by atoms with Gasteiger partial charge in [0.15, 0.2) is 5.69 Å². The predicted molar refractivity (Wildman–Crippen MR) is 77.2 cm³/mol. The van der Waals surface area contributed by atoms with Gasteiger partial charge in [0.2, 0.25) is 0 Å². The average molecular weight is 274 g/mol. The van der Waals surface area contributed by atoms with Crippen LogP contribution in [0.2, 0.25) is 0 Å². The molecule has 0 fully saturated rings. The SMILES string of the molecule is CCOC(=O)c1n[nH]c(N)c1-c1ccccc1CNC. The molecular formula is C14H18N4O2. The highest BCUT2D eigenvalue weighted by Gasteiger charge is 2.22. The number of hydrogen-bond donors (Lipinski definition) is 3. The highest BCUT2D eigenvalue weighted by atomic mass is 16.5. The summed E-state index contributed by atoms with van der Waals surface area (Å²) in [5, 5.41) is 9.71. The topological polar surface area (TPSA) is 93.0 Å². The maximum Gasteiger partial charge on any atom is 0.359 e. The van der Waals surface area contributed by atoms with Crippen LogP contribution in [-0.4, -0.2) is 29.8 Å². The third-order valence-electron chi connectivity index (χ3n) is 2.92. The Bertz CT molecular complexity index is 607. The number of nitrogens with two attached hydrogens (primary N) is 1. The van der Waals surface area contributed by atoms with Gasteiger partial charge in [-0.1, -0.05) is 24.3 Å². The van der Waals surface area contributed by atoms with E-state index in [1.165, 1.54) is 0 Å². The molecule has 0 aliphatic heterocycles. The van der Waals surface area contributed by atoms with Gasteiger partial charge in [-0.3, -0.25) is 5.10 Å². The molecule has 6 nitrogen and oxygen atoms in total. The number of esters is 1. The lowest BCUT2D eigenvalue weighted by atomic mass is 9.99. The molecule has 0 spiro atoms. The Morgan fingerprint density at radius 2 is 2.20 bits per heavy atom. The summed E-state index contributed by atoms with van der Waals surface area (Å²) in [7, 11) is 1.86. The number of hydrogen-bond acceptors (Lipinski definition) is 5. The van der Waals surface area contributed by atoms with Gasteiger partial charge in [-0.25, -0.2) is 4.79 Å². The molecule has 1 aromatic heterocycles. The summed E-state index contributed by atoms with van der Waals surface area (Å²) in [4.78, 5) is 11.9. The molecule has 4 N–H and O–H groups in total. The number of carbonyl (C=O) groups excluding carboxylic acids is 1. The van der Waals surface area contributed by atoms with Crippen LogP contribution in [0, 0.1) is 0 Å². The predicted octanol–water partition coefficient (Wildman–Crippen LogP) is 1.56. The first-order valence-corrected chi connectivity index (χ1v) is 6.42. The number of nitrogen functional groups attached to an aromatic ring is 1. The number of ether oxygens (including phenoxy) is 1. The van der Waals surface area contributed by atoms with Crippen LogP contribution in [0.4, 0.5) is 5.82 Å². The first-order valence-electron chi connectivity index (χ1n) is 6.42. The molecule has 0 atom stereocenters. The van der Waals surface area contributed by atoms with E-state index in [2.05, 4.69) is 15.5 Å². The molecule has 6 heteroatoms. The van der Waals surface area contributed by atoms with Crippen molar-refractivity contribution in [2.45, 2.75) is 13.5 Å². The third kappa shape index (κ3) is 2.65. The van der Waals surface area contributed by atoms with E-state index >= 15 is 0 Å². The molecule has 0 saturated carbocycles. The van der Waals surface area contributed by atoms with Gasteiger partial charge in [0.25, 0.3) is 0 Å². The van der Waals surface area contributed by atoms with Crippen molar-refractivity contribution < 1.29 is 9.53 Å². The molecule has 0 amide bonds. The van der Waals surface area contributed by atoms with E-state index in [0.717, 1.165) is 11.1 Å². The molecule has 0 bridgehead atoms. The molecule has 0 radical (unpaired) electrons. The number of rotatable bonds is 5. The Morgan fingerprint density at radius 1 is 1.45 bits per heavy atom. The number of carbonyl (C=O) groups is 1. The van der Waals surface area contributed by atoms with Crippen molar-refractivity contribution in [3.05, 3.63) is 35.5 Å². The molecule has 0 saturated heterocycles. The van der Waals surface area contributed by atoms with E-state index in [9.17, 15) is 4.79 Å². The smallest absolute Gasteiger partial charge is 0.359 e. The molecule has 2 aromatic rings. The average Bonchev–Trinajstić information content (AvgIpc) is 2.82. The van der Waals surface area contributed by atoms with Gasteiger partial charge in [0.05, 0.1) is 12.2 Å². The number of H-pyrrole nitrogens is 1. The Labute approximate surface area is 117 Å². The first-order chi connectivity index (χ1) is 9.69. The molecule has 1 aromatic carbocycles. The Hall–Kier alpha value is -2.34. The van der Waals surface area contributed by atoms with Crippen molar-refractivity contribution in [2.75, 3.05) is 19.4 Å². The van der Waals surface area contributed by atoms with Gasteiger partial charge in [0.1, 0.15) is 5.82 Å². The van der Waals surface area contributed by atoms with Gasteiger partial charge in [-0.15, -0.1) is 0 Å². The fourth-order valence-corrected chi connectivity index (χ4v) is 2.08. The van der Waals surface area contributed by atoms with Crippen LogP contribution in [0.1, 0.15) is 23.0 Å². The number of aromatic nitrogens is 2. The van der Waals surface area contributed by atoms with Crippen molar-refractivity contribution in [1.29, 1.82) is 0 Å². The van der Waals surface area contributed by atoms with E-state index in [-0.39, 0.29) is 5.69 Å². The zero-order valence-corrected chi connectivity index (χ0v) is 11.6. The van der Waals surface area contributed by atoms with Crippen molar-refractivity contribution in [3.8, 4) is 11.1 Å². The van der Waals surface area contributed by atoms with Gasteiger partial charge < -0.3 is 15.8 Å². The minimum atomic E-state index is -0.477. The lowest BCUT2D eigenvalue weighted by Gasteiger charge is -2.10. The van der Waals surface area contributed by atoms with Gasteiger partial charge >= 0.3 is 5.97 Å². The summed E-state index contributed by atoms with van der Waals surface area (Å²) in [5.74, 6) is -0.119. The summed E-state index contributed by atoms with van der Waals surface area (Å²) >= 11 is 0. The molecule has 2 rings (SSSR count). The van der Waals surface area contributed by atoms with Crippen LogP contribution in [-0.2, 0) is 11.3 Å². The molecule has 1 heterocycles. The van der Waals surface area contributed by atoms with Crippen molar-refractivity contribution in [3.63, 3.8) is 0 Å². The second-order valence-corrected chi connectivity index (χ2v) is 4.27. The number of benzene rings is 1. The number of nitrogens with one attached hydrogen (secondary N) is 2. The molecule has 0 unspecified atom stereocenters. The van der Waals surface area contributed by atoms with Crippen LogP contribution in [0.25, 0.3) is 11.1 Å². The van der Waals surface area contributed by atoms with Gasteiger partial charge in [0, 0.05) is 6.54 Å². The first kappa shape index (κ1) is 14.1. The van der Waals surface area contributed by atoms with E-state index < -0.39 is 5.97 Å². The second kappa shape index (κ2) is 6.21. The maximum atomic E-state index is 11.9. The highest BCUT2D eigenvalue weighted by Crippen LogP contribution is 2.31.